The maximum absolute atomic E-state index is 10.5. The molecular formula is C45H68O6. The van der Waals surface area contributed by atoms with Crippen molar-refractivity contribution in [2.75, 3.05) is 26.4 Å². The van der Waals surface area contributed by atoms with E-state index in [4.69, 9.17) is 19.3 Å². The van der Waals surface area contributed by atoms with Crippen LogP contribution >= 0.6 is 0 Å². The number of aromatic hydroxyl groups is 1. The van der Waals surface area contributed by atoms with Crippen LogP contribution in [0.4, 0.5) is 0 Å². The molecule has 0 aliphatic carbocycles. The van der Waals surface area contributed by atoms with Gasteiger partial charge in [-0.05, 0) is 60.9 Å². The topological polar surface area (TPSA) is 85.2 Å². The summed E-state index contributed by atoms with van der Waals surface area (Å²) >= 11 is 0. The lowest BCUT2D eigenvalue weighted by atomic mass is 9.69. The Labute approximate surface area is 309 Å². The number of aliphatic carboxylic acids is 1. The van der Waals surface area contributed by atoms with Crippen LogP contribution in [0.2, 0.25) is 0 Å². The normalized spacial score (nSPS) is 16.8. The Morgan fingerprint density at radius 2 is 1.24 bits per heavy atom. The summed E-state index contributed by atoms with van der Waals surface area (Å²) in [5.74, 6) is 1.55. The molecule has 0 saturated heterocycles. The third-order valence-electron chi connectivity index (χ3n) is 10.5. The fraction of sp³-hybridized carbons (Fsp3) is 0.622. The third kappa shape index (κ3) is 12.2. The smallest absolute Gasteiger partial charge is 0.303 e. The predicted molar refractivity (Wildman–Crippen MR) is 210 cm³/mol. The number of hydrogen-bond acceptors (Lipinski definition) is 5. The molecule has 0 spiro atoms. The number of phenols is 1. The quantitative estimate of drug-likeness (QED) is 0.150. The molecular weight excluding hydrogens is 636 g/mol. The summed E-state index contributed by atoms with van der Waals surface area (Å²) in [4.78, 5) is 10.5. The van der Waals surface area contributed by atoms with Gasteiger partial charge in [0.1, 0.15) is 17.3 Å². The Morgan fingerprint density at radius 3 is 1.75 bits per heavy atom. The van der Waals surface area contributed by atoms with Crippen LogP contribution in [0.5, 0.6) is 5.75 Å². The first-order chi connectivity index (χ1) is 23.9. The van der Waals surface area contributed by atoms with Gasteiger partial charge in [-0.2, -0.15) is 0 Å². The predicted octanol–water partition coefficient (Wildman–Crippen LogP) is 12.0. The number of aryl methyl sites for hydroxylation is 1. The first-order valence-corrected chi connectivity index (χ1v) is 19.3. The van der Waals surface area contributed by atoms with Crippen LogP contribution in [0.25, 0.3) is 11.5 Å². The minimum absolute atomic E-state index is 0.0852. The van der Waals surface area contributed by atoms with Crippen LogP contribution in [0.1, 0.15) is 143 Å². The second-order valence-electron chi connectivity index (χ2n) is 17.3. The molecule has 0 amide bonds. The maximum atomic E-state index is 10.5. The Morgan fingerprint density at radius 1 is 0.745 bits per heavy atom. The largest absolute Gasteiger partial charge is 0.508 e. The van der Waals surface area contributed by atoms with Crippen molar-refractivity contribution in [1.29, 1.82) is 0 Å². The molecule has 0 unspecified atom stereocenters. The van der Waals surface area contributed by atoms with Crippen molar-refractivity contribution in [1.82, 2.24) is 0 Å². The molecule has 0 aromatic heterocycles. The van der Waals surface area contributed by atoms with Gasteiger partial charge in [0.2, 0.25) is 0 Å². The molecule has 0 bridgehead atoms. The van der Waals surface area contributed by atoms with E-state index < -0.39 is 5.97 Å². The van der Waals surface area contributed by atoms with Crippen LogP contribution in [0.15, 0.2) is 59.7 Å². The van der Waals surface area contributed by atoms with Crippen LogP contribution in [0.3, 0.4) is 0 Å². The van der Waals surface area contributed by atoms with Crippen molar-refractivity contribution in [2.24, 2.45) is 21.7 Å². The van der Waals surface area contributed by atoms with Crippen LogP contribution in [0, 0.1) is 28.6 Å². The van der Waals surface area contributed by atoms with Crippen LogP contribution in [-0.4, -0.2) is 42.6 Å². The summed E-state index contributed by atoms with van der Waals surface area (Å²) in [7, 11) is 0. The highest BCUT2D eigenvalue weighted by Crippen LogP contribution is 2.51. The number of carboxylic acids is 1. The van der Waals surface area contributed by atoms with Crippen molar-refractivity contribution in [3.05, 3.63) is 76.4 Å². The van der Waals surface area contributed by atoms with E-state index in [2.05, 4.69) is 93.5 Å². The summed E-state index contributed by atoms with van der Waals surface area (Å²) < 4.78 is 18.3. The third-order valence-corrected chi connectivity index (χ3v) is 10.5. The average molecular weight is 705 g/mol. The summed E-state index contributed by atoms with van der Waals surface area (Å²) in [5, 5.41) is 18.5. The van der Waals surface area contributed by atoms with E-state index in [1.54, 1.807) is 12.1 Å². The van der Waals surface area contributed by atoms with E-state index >= 15 is 0 Å². The lowest BCUT2D eigenvalue weighted by Gasteiger charge is -2.34. The van der Waals surface area contributed by atoms with Gasteiger partial charge >= 0.3 is 5.97 Å². The van der Waals surface area contributed by atoms with Gasteiger partial charge in [0, 0.05) is 40.4 Å². The van der Waals surface area contributed by atoms with Gasteiger partial charge in [-0.15, -0.1) is 0 Å². The molecule has 6 nitrogen and oxygen atoms in total. The molecule has 0 radical (unpaired) electrons. The summed E-state index contributed by atoms with van der Waals surface area (Å²) in [6.07, 6.45) is 10.2. The number of unbranched alkanes of at least 4 members (excludes halogenated alkanes) is 7. The molecule has 0 fully saturated rings. The highest BCUT2D eigenvalue weighted by Gasteiger charge is 2.44. The fourth-order valence-corrected chi connectivity index (χ4v) is 7.86. The van der Waals surface area contributed by atoms with Crippen LogP contribution < -0.4 is 0 Å². The molecule has 2 heterocycles. The maximum Gasteiger partial charge on any atom is 0.303 e. The Bertz CT molecular complexity index is 1490. The van der Waals surface area contributed by atoms with Crippen molar-refractivity contribution >= 4 is 17.5 Å². The molecule has 2 N–H and O–H groups in total. The molecule has 284 valence electrons. The van der Waals surface area contributed by atoms with Gasteiger partial charge in [0.25, 0.3) is 0 Å². The highest BCUT2D eigenvalue weighted by molar-refractivity contribution is 5.69. The zero-order chi connectivity index (χ0) is 37.9. The molecule has 4 rings (SSSR count). The second-order valence-corrected chi connectivity index (χ2v) is 17.3. The van der Waals surface area contributed by atoms with E-state index in [0.29, 0.717) is 19.6 Å². The minimum atomic E-state index is -0.691. The summed E-state index contributed by atoms with van der Waals surface area (Å²) in [6.45, 7) is 25.3. The van der Waals surface area contributed by atoms with Gasteiger partial charge in [-0.25, -0.2) is 0 Å². The summed E-state index contributed by atoms with van der Waals surface area (Å²) in [5.41, 5.74) is 6.19. The number of rotatable bonds is 18. The van der Waals surface area contributed by atoms with Gasteiger partial charge in [0.05, 0.1) is 19.8 Å². The van der Waals surface area contributed by atoms with E-state index in [1.165, 1.54) is 48.0 Å². The van der Waals surface area contributed by atoms with E-state index in [1.807, 2.05) is 12.1 Å². The number of carboxylic acid groups (broad SMARTS) is 1. The summed E-state index contributed by atoms with van der Waals surface area (Å²) in [6, 6.07) is 15.9. The first kappa shape index (κ1) is 42.2. The van der Waals surface area contributed by atoms with Crippen molar-refractivity contribution in [2.45, 2.75) is 133 Å². The molecule has 2 aromatic rings. The minimum Gasteiger partial charge on any atom is -0.508 e. The Balaban J connectivity index is 0.000000313. The van der Waals surface area contributed by atoms with E-state index in [9.17, 15) is 9.90 Å². The zero-order valence-electron chi connectivity index (χ0n) is 33.5. The van der Waals surface area contributed by atoms with Gasteiger partial charge < -0.3 is 24.4 Å². The number of hydrogen-bond donors (Lipinski definition) is 2. The van der Waals surface area contributed by atoms with Crippen molar-refractivity contribution < 1.29 is 29.2 Å². The average Bonchev–Trinajstić information content (AvgIpc) is 3.57. The number of carbonyl (C=O) groups is 1. The van der Waals surface area contributed by atoms with E-state index in [0.717, 1.165) is 62.4 Å². The molecule has 51 heavy (non-hydrogen) atoms. The van der Waals surface area contributed by atoms with Crippen molar-refractivity contribution in [3.63, 3.8) is 0 Å². The standard InChI is InChI=1S/C27H42O5.C18H26O/c1-26(2,19-31-17-12-10-8-6-5-7-9-11-16-23(29)30)25-24(32-20-27(25,3)4)21-14-13-15-22(28)18-21;1-7-17(3,4)16-15(19-12-18(16,5)6)14-10-8-9-13(2)11-14/h13-15,18,28H,5-12,16-17,19-20H2,1-4H3,(H,29,30);8-11H,7,12H2,1-6H3. The highest BCUT2D eigenvalue weighted by atomic mass is 16.5. The lowest BCUT2D eigenvalue weighted by molar-refractivity contribution is -0.137. The second kappa shape index (κ2) is 18.5. The molecule has 0 saturated carbocycles. The first-order valence-electron chi connectivity index (χ1n) is 19.3. The zero-order valence-corrected chi connectivity index (χ0v) is 33.5. The molecule has 2 aromatic carbocycles. The fourth-order valence-electron chi connectivity index (χ4n) is 7.86. The molecule has 2 aliphatic rings. The Kier molecular flexibility index (Phi) is 15.3. The molecule has 6 heteroatoms. The van der Waals surface area contributed by atoms with E-state index in [-0.39, 0.29) is 27.4 Å². The SMILES string of the molecule is CC(C)(COCCCCCCCCCCC(=O)O)C1=C(c2cccc(O)c2)OCC1(C)C.CCC(C)(C)C1=C(c2cccc(C)c2)OCC1(C)C. The number of phenolic OH excluding ortho intramolecular Hbond substituents is 1. The monoisotopic (exact) mass is 705 g/mol. The Hall–Kier alpha value is -3.25. The van der Waals surface area contributed by atoms with Gasteiger partial charge in [0.15, 0.2) is 0 Å². The van der Waals surface area contributed by atoms with Gasteiger partial charge in [-0.3, -0.25) is 4.79 Å². The molecule has 0 atom stereocenters. The number of ether oxygens (including phenoxy) is 3. The van der Waals surface area contributed by atoms with Crippen molar-refractivity contribution in [3.8, 4) is 5.75 Å². The molecule has 2 aliphatic heterocycles. The lowest BCUT2D eigenvalue weighted by Crippen LogP contribution is -2.31. The number of benzene rings is 2. The van der Waals surface area contributed by atoms with Gasteiger partial charge in [-0.1, -0.05) is 137 Å². The van der Waals surface area contributed by atoms with Crippen LogP contribution in [-0.2, 0) is 19.0 Å².